The highest BCUT2D eigenvalue weighted by atomic mass is 32.2. The van der Waals surface area contributed by atoms with Gasteiger partial charge in [0, 0.05) is 6.42 Å². The standard InChI is InChI=1S/C26H24N2O6S/c1-18-23(26(29)28(27-18)21-9-11-22(12-10-21)35(30,31)32)16-20-8-13-24(25(17-20)33-2)34-15-14-19-6-4-3-5-7-19/h3-13,16-17H,14-15H2,1-2H3,(H,30,31,32)/b23-16-. The van der Waals surface area contributed by atoms with E-state index in [1.165, 1.54) is 34.8 Å². The van der Waals surface area contributed by atoms with Crippen molar-refractivity contribution < 1.29 is 27.2 Å². The molecule has 0 saturated heterocycles. The minimum absolute atomic E-state index is 0.262. The molecule has 180 valence electrons. The molecular formula is C26H24N2O6S. The van der Waals surface area contributed by atoms with E-state index in [4.69, 9.17) is 14.0 Å². The van der Waals surface area contributed by atoms with Crippen LogP contribution < -0.4 is 14.5 Å². The molecule has 1 heterocycles. The Morgan fingerprint density at radius 3 is 2.37 bits per heavy atom. The van der Waals surface area contributed by atoms with Crippen LogP contribution in [0.3, 0.4) is 0 Å². The van der Waals surface area contributed by atoms with Crippen LogP contribution in [0.5, 0.6) is 11.5 Å². The fraction of sp³-hybridized carbons (Fsp3) is 0.154. The topological polar surface area (TPSA) is 106 Å². The van der Waals surface area contributed by atoms with E-state index in [0.29, 0.717) is 35.1 Å². The molecule has 3 aromatic carbocycles. The van der Waals surface area contributed by atoms with Gasteiger partial charge in [-0.05, 0) is 60.5 Å². The number of rotatable bonds is 8. The lowest BCUT2D eigenvalue weighted by Gasteiger charge is -2.13. The smallest absolute Gasteiger partial charge is 0.294 e. The van der Waals surface area contributed by atoms with Gasteiger partial charge in [-0.3, -0.25) is 9.35 Å². The second-order valence-corrected chi connectivity index (χ2v) is 9.25. The Hall–Kier alpha value is -3.95. The number of ether oxygens (including phenoxy) is 2. The molecule has 0 saturated carbocycles. The number of amides is 1. The minimum Gasteiger partial charge on any atom is -0.493 e. The van der Waals surface area contributed by atoms with Gasteiger partial charge >= 0.3 is 0 Å². The lowest BCUT2D eigenvalue weighted by atomic mass is 10.1. The molecule has 35 heavy (non-hydrogen) atoms. The molecule has 0 unspecified atom stereocenters. The van der Waals surface area contributed by atoms with Crippen molar-refractivity contribution in [3.05, 3.63) is 89.5 Å². The van der Waals surface area contributed by atoms with E-state index in [9.17, 15) is 13.2 Å². The summed E-state index contributed by atoms with van der Waals surface area (Å²) in [6.45, 7) is 2.21. The van der Waals surface area contributed by atoms with Crippen molar-refractivity contribution in [2.45, 2.75) is 18.2 Å². The van der Waals surface area contributed by atoms with E-state index in [0.717, 1.165) is 12.0 Å². The summed E-state index contributed by atoms with van der Waals surface area (Å²) in [4.78, 5) is 12.8. The predicted molar refractivity (Wildman–Crippen MR) is 133 cm³/mol. The number of anilines is 1. The zero-order valence-corrected chi connectivity index (χ0v) is 20.0. The van der Waals surface area contributed by atoms with Gasteiger partial charge in [-0.2, -0.15) is 18.5 Å². The first-order valence-electron chi connectivity index (χ1n) is 10.8. The second kappa shape index (κ2) is 10.1. The first kappa shape index (κ1) is 24.2. The molecule has 8 nitrogen and oxygen atoms in total. The summed E-state index contributed by atoms with van der Waals surface area (Å²) in [6, 6.07) is 20.7. The Bertz CT molecular complexity index is 1400. The number of methoxy groups -OCH3 is 1. The fourth-order valence-electron chi connectivity index (χ4n) is 3.60. The number of carbonyl (C=O) groups excluding carboxylic acids is 1. The van der Waals surface area contributed by atoms with Crippen molar-refractivity contribution in [2.75, 3.05) is 18.7 Å². The molecule has 1 amide bonds. The van der Waals surface area contributed by atoms with Crippen LogP contribution in [0.15, 0.2) is 88.4 Å². The van der Waals surface area contributed by atoms with Gasteiger partial charge in [-0.25, -0.2) is 0 Å². The molecule has 1 aliphatic heterocycles. The molecule has 0 aromatic heterocycles. The van der Waals surface area contributed by atoms with Gasteiger partial charge in [0.2, 0.25) is 0 Å². The zero-order chi connectivity index (χ0) is 25.0. The molecule has 3 aromatic rings. The number of hydrazone groups is 1. The van der Waals surface area contributed by atoms with Crippen LogP contribution >= 0.6 is 0 Å². The number of hydrogen-bond donors (Lipinski definition) is 1. The van der Waals surface area contributed by atoms with Crippen molar-refractivity contribution in [1.82, 2.24) is 0 Å². The van der Waals surface area contributed by atoms with E-state index >= 15 is 0 Å². The Morgan fingerprint density at radius 1 is 1.00 bits per heavy atom. The molecule has 0 radical (unpaired) electrons. The average Bonchev–Trinajstić information content (AvgIpc) is 3.13. The predicted octanol–water partition coefficient (Wildman–Crippen LogP) is 4.37. The van der Waals surface area contributed by atoms with Gasteiger partial charge in [0.05, 0.1) is 35.6 Å². The number of carbonyl (C=O) groups is 1. The second-order valence-electron chi connectivity index (χ2n) is 7.82. The van der Waals surface area contributed by atoms with Crippen LogP contribution in [0.2, 0.25) is 0 Å². The van der Waals surface area contributed by atoms with Crippen LogP contribution in [0, 0.1) is 0 Å². The molecule has 0 spiro atoms. The van der Waals surface area contributed by atoms with Crippen LogP contribution in [0.25, 0.3) is 6.08 Å². The van der Waals surface area contributed by atoms with Crippen LogP contribution in [0.1, 0.15) is 18.1 Å². The lowest BCUT2D eigenvalue weighted by Crippen LogP contribution is -2.21. The van der Waals surface area contributed by atoms with Crippen molar-refractivity contribution >= 4 is 33.5 Å². The molecule has 9 heteroatoms. The van der Waals surface area contributed by atoms with Gasteiger partial charge in [0.1, 0.15) is 0 Å². The van der Waals surface area contributed by atoms with Crippen LogP contribution in [-0.4, -0.2) is 38.3 Å². The van der Waals surface area contributed by atoms with E-state index in [1.54, 1.807) is 32.2 Å². The molecule has 0 atom stereocenters. The van der Waals surface area contributed by atoms with Gasteiger partial charge in [-0.15, -0.1) is 0 Å². The molecule has 0 fully saturated rings. The summed E-state index contributed by atoms with van der Waals surface area (Å²) in [6.07, 6.45) is 2.48. The Morgan fingerprint density at radius 2 is 1.71 bits per heavy atom. The third kappa shape index (κ3) is 5.59. The van der Waals surface area contributed by atoms with Crippen LogP contribution in [0.4, 0.5) is 5.69 Å². The number of benzene rings is 3. The number of nitrogens with zero attached hydrogens (tertiary/aromatic N) is 2. The van der Waals surface area contributed by atoms with Crippen molar-refractivity contribution in [1.29, 1.82) is 0 Å². The zero-order valence-electron chi connectivity index (χ0n) is 19.2. The maximum absolute atomic E-state index is 13.0. The SMILES string of the molecule is COc1cc(/C=C2\C(=O)N(c3ccc(S(=O)(=O)O)cc3)N=C2C)ccc1OCCc1ccccc1. The molecule has 4 rings (SSSR count). The molecule has 1 aliphatic rings. The molecular weight excluding hydrogens is 468 g/mol. The fourth-order valence-corrected chi connectivity index (χ4v) is 4.08. The summed E-state index contributed by atoms with van der Waals surface area (Å²) < 4.78 is 43.0. The lowest BCUT2D eigenvalue weighted by molar-refractivity contribution is -0.114. The Labute approximate surface area is 203 Å². The van der Waals surface area contributed by atoms with Crippen molar-refractivity contribution in [3.63, 3.8) is 0 Å². The van der Waals surface area contributed by atoms with E-state index in [-0.39, 0.29) is 10.8 Å². The molecule has 0 aliphatic carbocycles. The van der Waals surface area contributed by atoms with E-state index in [2.05, 4.69) is 5.10 Å². The van der Waals surface area contributed by atoms with Gasteiger partial charge in [0.25, 0.3) is 16.0 Å². The highest BCUT2D eigenvalue weighted by Crippen LogP contribution is 2.31. The monoisotopic (exact) mass is 492 g/mol. The maximum Gasteiger partial charge on any atom is 0.294 e. The first-order valence-corrected chi connectivity index (χ1v) is 12.2. The Balaban J connectivity index is 1.49. The van der Waals surface area contributed by atoms with Crippen molar-refractivity contribution in [2.24, 2.45) is 5.10 Å². The minimum atomic E-state index is -4.32. The van der Waals surface area contributed by atoms with Gasteiger partial charge < -0.3 is 9.47 Å². The Kier molecular flexibility index (Phi) is 6.99. The maximum atomic E-state index is 13.0. The third-order valence-corrected chi connectivity index (χ3v) is 6.30. The summed E-state index contributed by atoms with van der Waals surface area (Å²) in [5.74, 6) is 0.795. The quantitative estimate of drug-likeness (QED) is 0.370. The largest absolute Gasteiger partial charge is 0.493 e. The summed E-state index contributed by atoms with van der Waals surface area (Å²) in [5, 5.41) is 5.49. The van der Waals surface area contributed by atoms with Gasteiger partial charge in [-0.1, -0.05) is 36.4 Å². The molecule has 0 bridgehead atoms. The highest BCUT2D eigenvalue weighted by molar-refractivity contribution is 7.85. The van der Waals surface area contributed by atoms with E-state index in [1.807, 2.05) is 36.4 Å². The summed E-state index contributed by atoms with van der Waals surface area (Å²) in [7, 11) is -2.76. The average molecular weight is 493 g/mol. The highest BCUT2D eigenvalue weighted by Gasteiger charge is 2.29. The molecule has 1 N–H and O–H groups in total. The summed E-state index contributed by atoms with van der Waals surface area (Å²) in [5.41, 5.74) is 3.20. The normalized spacial score (nSPS) is 14.8. The van der Waals surface area contributed by atoms with Crippen LogP contribution in [-0.2, 0) is 21.3 Å². The van der Waals surface area contributed by atoms with Gasteiger partial charge in [0.15, 0.2) is 11.5 Å². The third-order valence-electron chi connectivity index (χ3n) is 5.43. The summed E-state index contributed by atoms with van der Waals surface area (Å²) >= 11 is 0. The number of hydrogen-bond acceptors (Lipinski definition) is 6. The van der Waals surface area contributed by atoms with E-state index < -0.39 is 10.1 Å². The van der Waals surface area contributed by atoms with Crippen molar-refractivity contribution in [3.8, 4) is 11.5 Å². The first-order chi connectivity index (χ1) is 16.8.